The molecule has 160 valence electrons. The average Bonchev–Trinajstić information content (AvgIpc) is 2.77. The number of sulfone groups is 1. The minimum atomic E-state index is -3.56. The molecule has 0 amide bonds. The fourth-order valence-corrected chi connectivity index (χ4v) is 5.86. The number of carboxylic acid groups (broad SMARTS) is 1. The SMILES string of the molecule is Cc1cccc(S(=O)(=O)c2ccc3c(c2)CCC[C@@H]3CCc2cnccc2C(=O)O)c1. The number of hydrogen-bond acceptors (Lipinski definition) is 4. The summed E-state index contributed by atoms with van der Waals surface area (Å²) in [4.78, 5) is 16.2. The first-order valence-electron chi connectivity index (χ1n) is 10.5. The van der Waals surface area contributed by atoms with E-state index in [1.165, 1.54) is 17.8 Å². The minimum Gasteiger partial charge on any atom is -0.478 e. The Labute approximate surface area is 182 Å². The lowest BCUT2D eigenvalue weighted by Crippen LogP contribution is -2.13. The third-order valence-corrected chi connectivity index (χ3v) is 7.81. The first kappa shape index (κ1) is 21.2. The second-order valence-electron chi connectivity index (χ2n) is 8.15. The summed E-state index contributed by atoms with van der Waals surface area (Å²) in [5, 5.41) is 9.39. The Morgan fingerprint density at radius 3 is 2.71 bits per heavy atom. The maximum absolute atomic E-state index is 13.1. The summed E-state index contributed by atoms with van der Waals surface area (Å²) in [6.07, 6.45) is 7.43. The van der Waals surface area contributed by atoms with Gasteiger partial charge in [-0.05, 0) is 97.5 Å². The molecule has 0 aliphatic heterocycles. The van der Waals surface area contributed by atoms with Gasteiger partial charge in [0.05, 0.1) is 15.4 Å². The van der Waals surface area contributed by atoms with Crippen molar-refractivity contribution in [3.63, 3.8) is 0 Å². The van der Waals surface area contributed by atoms with Crippen molar-refractivity contribution in [1.82, 2.24) is 4.98 Å². The minimum absolute atomic E-state index is 0.279. The second-order valence-corrected chi connectivity index (χ2v) is 10.1. The number of rotatable bonds is 6. The van der Waals surface area contributed by atoms with Crippen molar-refractivity contribution in [2.24, 2.45) is 0 Å². The molecular weight excluding hydrogens is 410 g/mol. The van der Waals surface area contributed by atoms with Crippen LogP contribution in [0.15, 0.2) is 70.7 Å². The standard InChI is InChI=1S/C25H25NO4S/c1-17-4-2-7-21(14-17)31(29,30)22-10-11-23-18(5-3-6-19(23)15-22)8-9-20-16-26-13-12-24(20)25(27)28/h2,4,7,10-16,18H,3,5-6,8-9H2,1H3,(H,27,28)/t18-/m1/s1. The number of fused-ring (bicyclic) bond motifs is 1. The molecule has 1 N–H and O–H groups in total. The zero-order chi connectivity index (χ0) is 22.0. The van der Waals surface area contributed by atoms with Gasteiger partial charge in [-0.1, -0.05) is 18.2 Å². The van der Waals surface area contributed by atoms with Gasteiger partial charge < -0.3 is 5.11 Å². The number of benzene rings is 2. The van der Waals surface area contributed by atoms with Crippen molar-refractivity contribution in [3.05, 3.63) is 88.7 Å². The first-order valence-corrected chi connectivity index (χ1v) is 12.0. The molecule has 5 nitrogen and oxygen atoms in total. The smallest absolute Gasteiger partial charge is 0.336 e. The molecule has 1 aromatic heterocycles. The molecule has 0 saturated carbocycles. The number of carboxylic acids is 1. The molecule has 0 fully saturated rings. The van der Waals surface area contributed by atoms with E-state index >= 15 is 0 Å². The molecule has 0 saturated heterocycles. The number of hydrogen-bond donors (Lipinski definition) is 1. The van der Waals surface area contributed by atoms with Crippen molar-refractivity contribution >= 4 is 15.8 Å². The van der Waals surface area contributed by atoms with E-state index in [1.807, 2.05) is 25.1 Å². The molecule has 31 heavy (non-hydrogen) atoms. The lowest BCUT2D eigenvalue weighted by Gasteiger charge is -2.26. The molecule has 2 aromatic carbocycles. The van der Waals surface area contributed by atoms with Gasteiger partial charge in [-0.2, -0.15) is 0 Å². The van der Waals surface area contributed by atoms with Crippen LogP contribution in [0.4, 0.5) is 0 Å². The summed E-state index contributed by atoms with van der Waals surface area (Å²) in [6.45, 7) is 1.88. The molecule has 0 radical (unpaired) electrons. The van der Waals surface area contributed by atoms with Crippen LogP contribution in [-0.2, 0) is 22.7 Å². The zero-order valence-electron chi connectivity index (χ0n) is 17.4. The van der Waals surface area contributed by atoms with Crippen LogP contribution >= 0.6 is 0 Å². The Balaban J connectivity index is 1.59. The van der Waals surface area contributed by atoms with E-state index in [4.69, 9.17) is 0 Å². The molecule has 1 heterocycles. The van der Waals surface area contributed by atoms with E-state index in [-0.39, 0.29) is 5.92 Å². The topological polar surface area (TPSA) is 84.3 Å². The van der Waals surface area contributed by atoms with Crippen LogP contribution in [0, 0.1) is 6.92 Å². The Kier molecular flexibility index (Phi) is 5.92. The van der Waals surface area contributed by atoms with Gasteiger partial charge in [0.25, 0.3) is 0 Å². The van der Waals surface area contributed by atoms with Crippen LogP contribution in [0.1, 0.15) is 57.8 Å². The first-order chi connectivity index (χ1) is 14.9. The Bertz CT molecular complexity index is 1230. The van der Waals surface area contributed by atoms with Gasteiger partial charge in [0, 0.05) is 12.4 Å². The van der Waals surface area contributed by atoms with Gasteiger partial charge in [-0.15, -0.1) is 0 Å². The summed E-state index contributed by atoms with van der Waals surface area (Å²) in [6, 6.07) is 14.0. The van der Waals surface area contributed by atoms with Crippen molar-refractivity contribution in [3.8, 4) is 0 Å². The zero-order valence-corrected chi connectivity index (χ0v) is 18.2. The molecule has 6 heteroatoms. The molecule has 1 aliphatic carbocycles. The number of pyridine rings is 1. The van der Waals surface area contributed by atoms with E-state index < -0.39 is 15.8 Å². The van der Waals surface area contributed by atoms with Crippen LogP contribution in [0.5, 0.6) is 0 Å². The molecule has 0 bridgehead atoms. The quantitative estimate of drug-likeness (QED) is 0.591. The van der Waals surface area contributed by atoms with Crippen molar-refractivity contribution in [2.75, 3.05) is 0 Å². The highest BCUT2D eigenvalue weighted by Gasteiger charge is 2.24. The summed E-state index contributed by atoms with van der Waals surface area (Å²) < 4.78 is 26.2. The molecule has 1 aliphatic rings. The Morgan fingerprint density at radius 2 is 1.94 bits per heavy atom. The Morgan fingerprint density at radius 1 is 1.13 bits per heavy atom. The van der Waals surface area contributed by atoms with Crippen LogP contribution in [0.2, 0.25) is 0 Å². The third kappa shape index (κ3) is 4.39. The highest BCUT2D eigenvalue weighted by atomic mass is 32.2. The molecule has 3 aromatic rings. The summed E-state index contributed by atoms with van der Waals surface area (Å²) >= 11 is 0. The summed E-state index contributed by atoms with van der Waals surface area (Å²) in [5.74, 6) is -0.659. The number of aryl methyl sites for hydroxylation is 3. The maximum atomic E-state index is 13.1. The predicted octanol–water partition coefficient (Wildman–Crippen LogP) is 4.97. The highest BCUT2D eigenvalue weighted by molar-refractivity contribution is 7.91. The van der Waals surface area contributed by atoms with Crippen LogP contribution in [0.25, 0.3) is 0 Å². The second kappa shape index (κ2) is 8.63. The van der Waals surface area contributed by atoms with Crippen molar-refractivity contribution < 1.29 is 18.3 Å². The fourth-order valence-electron chi connectivity index (χ4n) is 4.44. The maximum Gasteiger partial charge on any atom is 0.336 e. The largest absolute Gasteiger partial charge is 0.478 e. The van der Waals surface area contributed by atoms with E-state index in [1.54, 1.807) is 30.5 Å². The molecular formula is C25H25NO4S. The summed E-state index contributed by atoms with van der Waals surface area (Å²) in [5.41, 5.74) is 4.20. The van der Waals surface area contributed by atoms with Gasteiger partial charge >= 0.3 is 5.97 Å². The van der Waals surface area contributed by atoms with E-state index in [2.05, 4.69) is 4.98 Å². The Hall–Kier alpha value is -2.99. The highest BCUT2D eigenvalue weighted by Crippen LogP contribution is 2.37. The number of aromatic nitrogens is 1. The van der Waals surface area contributed by atoms with Gasteiger partial charge in [0.1, 0.15) is 0 Å². The van der Waals surface area contributed by atoms with Crippen LogP contribution in [-0.4, -0.2) is 24.5 Å². The lowest BCUT2D eigenvalue weighted by molar-refractivity contribution is 0.0695. The van der Waals surface area contributed by atoms with Crippen molar-refractivity contribution in [1.29, 1.82) is 0 Å². The summed E-state index contributed by atoms with van der Waals surface area (Å²) in [7, 11) is -3.56. The van der Waals surface area contributed by atoms with E-state index in [0.29, 0.717) is 21.8 Å². The normalized spacial score (nSPS) is 16.0. The molecule has 1 atom stereocenters. The lowest BCUT2D eigenvalue weighted by atomic mass is 9.80. The number of nitrogens with zero attached hydrogens (tertiary/aromatic N) is 1. The van der Waals surface area contributed by atoms with Gasteiger partial charge in [0.2, 0.25) is 9.84 Å². The fraction of sp³-hybridized carbons (Fsp3) is 0.280. The van der Waals surface area contributed by atoms with E-state index in [0.717, 1.165) is 42.4 Å². The number of aromatic carboxylic acids is 1. The predicted molar refractivity (Wildman–Crippen MR) is 118 cm³/mol. The number of carbonyl (C=O) groups is 1. The van der Waals surface area contributed by atoms with Gasteiger partial charge in [-0.25, -0.2) is 13.2 Å². The average molecular weight is 436 g/mol. The van der Waals surface area contributed by atoms with Crippen molar-refractivity contribution in [2.45, 2.75) is 54.7 Å². The molecule has 0 spiro atoms. The van der Waals surface area contributed by atoms with Crippen LogP contribution in [0.3, 0.4) is 0 Å². The van der Waals surface area contributed by atoms with Crippen LogP contribution < -0.4 is 0 Å². The monoisotopic (exact) mass is 435 g/mol. The molecule has 0 unspecified atom stereocenters. The third-order valence-electron chi connectivity index (χ3n) is 6.06. The van der Waals surface area contributed by atoms with Gasteiger partial charge in [-0.3, -0.25) is 4.98 Å². The van der Waals surface area contributed by atoms with Gasteiger partial charge in [0.15, 0.2) is 0 Å². The van der Waals surface area contributed by atoms with E-state index in [9.17, 15) is 18.3 Å². The molecule has 4 rings (SSSR count).